The zero-order chi connectivity index (χ0) is 25.9. The van der Waals surface area contributed by atoms with Gasteiger partial charge < -0.3 is 20.3 Å². The molecule has 1 aromatic carbocycles. The fraction of sp³-hybridized carbons (Fsp3) is 0.417. The Morgan fingerprint density at radius 2 is 2.11 bits per heavy atom. The van der Waals surface area contributed by atoms with E-state index >= 15 is 0 Å². The van der Waals surface area contributed by atoms with Crippen LogP contribution in [0.1, 0.15) is 58.6 Å². The number of carbonyl (C=O) groups excluding carboxylic acids is 2. The Hall–Kier alpha value is -3.82. The molecule has 2 aromatic rings. The zero-order valence-electron chi connectivity index (χ0n) is 19.3. The molecule has 1 spiro atoms. The number of benzene rings is 1. The van der Waals surface area contributed by atoms with Crippen LogP contribution in [0.3, 0.4) is 0 Å². The molecule has 3 N–H and O–H groups in total. The number of halogens is 2. The van der Waals surface area contributed by atoms with Gasteiger partial charge >= 0.3 is 0 Å². The molecule has 0 aliphatic carbocycles. The molecule has 12 heteroatoms. The number of nitriles is 1. The smallest absolute Gasteiger partial charge is 0.274 e. The van der Waals surface area contributed by atoms with Crippen molar-refractivity contribution in [1.29, 1.82) is 5.26 Å². The van der Waals surface area contributed by atoms with Gasteiger partial charge in [-0.3, -0.25) is 19.2 Å². The second-order valence-corrected chi connectivity index (χ2v) is 9.52. The van der Waals surface area contributed by atoms with Crippen molar-refractivity contribution in [2.24, 2.45) is 5.73 Å². The van der Waals surface area contributed by atoms with Crippen LogP contribution in [-0.2, 0) is 11.4 Å². The molecule has 3 aliphatic heterocycles. The molecule has 3 aliphatic rings. The van der Waals surface area contributed by atoms with Crippen molar-refractivity contribution < 1.29 is 28.3 Å². The first-order valence-corrected chi connectivity index (χ1v) is 11.4. The molecule has 5 rings (SSSR count). The van der Waals surface area contributed by atoms with Crippen molar-refractivity contribution in [2.45, 2.75) is 56.5 Å². The van der Waals surface area contributed by atoms with E-state index in [0.29, 0.717) is 12.8 Å². The fourth-order valence-corrected chi connectivity index (χ4v) is 5.50. The molecule has 1 unspecified atom stereocenters. The topological polar surface area (TPSA) is 142 Å². The van der Waals surface area contributed by atoms with Crippen molar-refractivity contribution in [3.8, 4) is 11.8 Å². The summed E-state index contributed by atoms with van der Waals surface area (Å²) in [4.78, 5) is 45.6. The molecule has 1 aromatic heterocycles. The highest BCUT2D eigenvalue weighted by molar-refractivity contribution is 5.99. The average Bonchev–Trinajstić information content (AvgIpc) is 3.13. The molecule has 36 heavy (non-hydrogen) atoms. The molecular formula is C24H23F2N5O5. The van der Waals surface area contributed by atoms with E-state index in [9.17, 15) is 33.5 Å². The van der Waals surface area contributed by atoms with Gasteiger partial charge in [0.1, 0.15) is 28.8 Å². The minimum Gasteiger partial charge on any atom is -0.503 e. The highest BCUT2D eigenvalue weighted by Crippen LogP contribution is 2.48. The average molecular weight is 499 g/mol. The summed E-state index contributed by atoms with van der Waals surface area (Å²) in [5.74, 6) is -4.02. The summed E-state index contributed by atoms with van der Waals surface area (Å²) >= 11 is 0. The predicted octanol–water partition coefficient (Wildman–Crippen LogP) is 1.58. The number of pyridine rings is 1. The van der Waals surface area contributed by atoms with E-state index in [-0.39, 0.29) is 36.8 Å². The summed E-state index contributed by atoms with van der Waals surface area (Å²) in [6, 6.07) is 3.54. The Balaban J connectivity index is 1.62. The lowest BCUT2D eigenvalue weighted by Gasteiger charge is -2.42. The number of carbonyl (C=O) groups is 2. The zero-order valence-corrected chi connectivity index (χ0v) is 19.3. The maximum atomic E-state index is 14.4. The lowest BCUT2D eigenvalue weighted by atomic mass is 9.83. The third-order valence-corrected chi connectivity index (χ3v) is 7.45. The van der Waals surface area contributed by atoms with Crippen molar-refractivity contribution >= 4 is 11.8 Å². The molecule has 2 amide bonds. The number of nitrogens with zero attached hydrogens (tertiary/aromatic N) is 4. The second kappa shape index (κ2) is 8.39. The molecular weight excluding hydrogens is 476 g/mol. The third-order valence-electron chi connectivity index (χ3n) is 7.45. The fourth-order valence-electron chi connectivity index (χ4n) is 5.50. The number of aromatic nitrogens is 1. The number of amides is 2. The van der Waals surface area contributed by atoms with Gasteiger partial charge in [-0.25, -0.2) is 8.78 Å². The first-order valence-electron chi connectivity index (χ1n) is 11.4. The van der Waals surface area contributed by atoms with Crippen molar-refractivity contribution in [3.05, 3.63) is 63.1 Å². The molecule has 0 saturated carbocycles. The van der Waals surface area contributed by atoms with E-state index in [1.165, 1.54) is 20.6 Å². The summed E-state index contributed by atoms with van der Waals surface area (Å²) in [5.41, 5.74) is 2.59. The minimum atomic E-state index is -1.09. The van der Waals surface area contributed by atoms with E-state index in [0.717, 1.165) is 18.3 Å². The Bertz CT molecular complexity index is 1390. The number of rotatable bonds is 3. The number of nitrogens with two attached hydrogens (primary N) is 1. The molecule has 10 nitrogen and oxygen atoms in total. The van der Waals surface area contributed by atoms with Gasteiger partial charge in [-0.2, -0.15) is 10.3 Å². The highest BCUT2D eigenvalue weighted by Gasteiger charge is 2.56. The van der Waals surface area contributed by atoms with Gasteiger partial charge in [-0.15, -0.1) is 0 Å². The van der Waals surface area contributed by atoms with Crippen LogP contribution < -0.4 is 11.2 Å². The summed E-state index contributed by atoms with van der Waals surface area (Å²) in [5, 5.41) is 21.9. The van der Waals surface area contributed by atoms with Crippen LogP contribution in [0.25, 0.3) is 0 Å². The largest absolute Gasteiger partial charge is 0.503 e. The van der Waals surface area contributed by atoms with Crippen molar-refractivity contribution in [3.63, 3.8) is 0 Å². The molecule has 2 fully saturated rings. The molecule has 188 valence electrons. The molecule has 0 radical (unpaired) electrons. The van der Waals surface area contributed by atoms with Gasteiger partial charge in [0, 0.05) is 36.8 Å². The first kappa shape index (κ1) is 23.9. The van der Waals surface area contributed by atoms with Crippen LogP contribution >= 0.6 is 0 Å². The summed E-state index contributed by atoms with van der Waals surface area (Å²) in [7, 11) is 0. The SMILES string of the molecule is C[C@H]1CC[C@]2(CC(C#N)N(Cc3ccc(F)cc3F)O2)[C@H]2CN1C(=O)c1c(O)c(=O)c(C(N)=O)cn12. The number of hydrogen-bond acceptors (Lipinski definition) is 7. The monoisotopic (exact) mass is 499 g/mol. The van der Waals surface area contributed by atoms with Crippen LogP contribution in [-0.4, -0.2) is 55.7 Å². The predicted molar refractivity (Wildman–Crippen MR) is 119 cm³/mol. The van der Waals surface area contributed by atoms with Gasteiger partial charge in [-0.05, 0) is 25.8 Å². The van der Waals surface area contributed by atoms with Gasteiger partial charge in [0.25, 0.3) is 11.8 Å². The maximum absolute atomic E-state index is 14.4. The van der Waals surface area contributed by atoms with Gasteiger partial charge in [0.05, 0.1) is 18.7 Å². The second-order valence-electron chi connectivity index (χ2n) is 9.52. The minimum absolute atomic E-state index is 0.129. The summed E-state index contributed by atoms with van der Waals surface area (Å²) in [6.45, 7) is 1.83. The van der Waals surface area contributed by atoms with E-state index in [4.69, 9.17) is 10.6 Å². The van der Waals surface area contributed by atoms with Gasteiger partial charge in [0.2, 0.25) is 5.43 Å². The molecule has 4 heterocycles. The quantitative estimate of drug-likeness (QED) is 0.653. The molecule has 2 bridgehead atoms. The van der Waals surface area contributed by atoms with E-state index < -0.39 is 57.9 Å². The van der Waals surface area contributed by atoms with E-state index in [1.54, 1.807) is 0 Å². The standard InChI is InChI=1S/C24H23F2N5O5/c1-12-4-5-24(7-15(8-27)31(36-24)9-13-2-3-14(25)6-17(13)26)18-11-29(12)23(35)19-21(33)20(32)16(22(28)34)10-30(18)19/h2-3,6,10,12,15,18,33H,4-5,7,9,11H2,1H3,(H2,28,34)/t12-,15?,18+,24-/m0/s1. The van der Waals surface area contributed by atoms with Gasteiger partial charge in [-0.1, -0.05) is 6.07 Å². The van der Waals surface area contributed by atoms with Crippen LogP contribution in [0.2, 0.25) is 0 Å². The van der Waals surface area contributed by atoms with Gasteiger partial charge in [0.15, 0.2) is 11.4 Å². The maximum Gasteiger partial charge on any atom is 0.274 e. The summed E-state index contributed by atoms with van der Waals surface area (Å²) < 4.78 is 29.1. The van der Waals surface area contributed by atoms with E-state index in [2.05, 4.69) is 6.07 Å². The molecule has 2 saturated heterocycles. The Kier molecular flexibility index (Phi) is 5.57. The normalized spacial score (nSPS) is 27.6. The Labute approximate surface area is 204 Å². The highest BCUT2D eigenvalue weighted by atomic mass is 19.1. The number of fused-ring (bicyclic) bond motifs is 5. The Morgan fingerprint density at radius 1 is 1.36 bits per heavy atom. The van der Waals surface area contributed by atoms with Crippen LogP contribution in [0.5, 0.6) is 5.75 Å². The number of primary amides is 1. The van der Waals surface area contributed by atoms with Crippen LogP contribution in [0.4, 0.5) is 8.78 Å². The van der Waals surface area contributed by atoms with Crippen LogP contribution in [0, 0.1) is 23.0 Å². The Morgan fingerprint density at radius 3 is 2.78 bits per heavy atom. The lowest BCUT2D eigenvalue weighted by molar-refractivity contribution is -0.223. The number of hydroxylamine groups is 2. The molecule has 4 atom stereocenters. The van der Waals surface area contributed by atoms with Crippen molar-refractivity contribution in [2.75, 3.05) is 6.54 Å². The lowest BCUT2D eigenvalue weighted by Crippen LogP contribution is -2.52. The summed E-state index contributed by atoms with van der Waals surface area (Å²) in [6.07, 6.45) is 2.21. The number of hydrogen-bond donors (Lipinski definition) is 2. The third kappa shape index (κ3) is 3.54. The van der Waals surface area contributed by atoms with Crippen molar-refractivity contribution in [1.82, 2.24) is 14.5 Å². The van der Waals surface area contributed by atoms with E-state index in [1.807, 2.05) is 6.92 Å². The number of aromatic hydroxyl groups is 1. The first-order chi connectivity index (χ1) is 17.1. The van der Waals surface area contributed by atoms with Crippen LogP contribution in [0.15, 0.2) is 29.2 Å².